The minimum atomic E-state index is 0.0206. The van der Waals surface area contributed by atoms with E-state index in [2.05, 4.69) is 4.90 Å². The lowest BCUT2D eigenvalue weighted by atomic mass is 10.1. The zero-order valence-electron chi connectivity index (χ0n) is 9.29. The Balaban J connectivity index is 1.99. The molecule has 0 amide bonds. The number of Topliss-reactive ketones (excluding diaryl/α,β-unsaturated/α-hetero) is 1. The van der Waals surface area contributed by atoms with Crippen LogP contribution in [0.25, 0.3) is 0 Å². The van der Waals surface area contributed by atoms with Gasteiger partial charge in [-0.15, -0.1) is 11.3 Å². The zero-order valence-corrected chi connectivity index (χ0v) is 11.6. The molecular weight excluding hydrogens is 279 g/mol. The van der Waals surface area contributed by atoms with Crippen molar-refractivity contribution in [3.63, 3.8) is 0 Å². The Labute approximate surface area is 114 Å². The molecule has 94 valence electrons. The van der Waals surface area contributed by atoms with Gasteiger partial charge in [-0.1, -0.05) is 23.2 Å². The van der Waals surface area contributed by atoms with Crippen molar-refractivity contribution in [2.24, 2.45) is 5.73 Å². The van der Waals surface area contributed by atoms with E-state index < -0.39 is 0 Å². The number of nitrogens with two attached hydrogens (primary N) is 1. The number of rotatable bonds is 3. The highest BCUT2D eigenvalue weighted by atomic mass is 35.5. The molecule has 3 nitrogen and oxygen atoms in total. The van der Waals surface area contributed by atoms with Crippen LogP contribution in [0.3, 0.4) is 0 Å². The van der Waals surface area contributed by atoms with E-state index in [0.717, 1.165) is 25.9 Å². The average molecular weight is 293 g/mol. The minimum Gasteiger partial charge on any atom is -0.327 e. The van der Waals surface area contributed by atoms with Gasteiger partial charge in [-0.25, -0.2) is 0 Å². The quantitative estimate of drug-likeness (QED) is 0.872. The number of hydrogen-bond donors (Lipinski definition) is 1. The molecular formula is C11H14Cl2N2OS. The van der Waals surface area contributed by atoms with E-state index in [4.69, 9.17) is 28.9 Å². The highest BCUT2D eigenvalue weighted by Crippen LogP contribution is 2.31. The first-order valence-corrected chi connectivity index (χ1v) is 7.09. The van der Waals surface area contributed by atoms with E-state index >= 15 is 0 Å². The van der Waals surface area contributed by atoms with Crippen molar-refractivity contribution in [2.75, 3.05) is 19.6 Å². The fourth-order valence-electron chi connectivity index (χ4n) is 2.05. The summed E-state index contributed by atoms with van der Waals surface area (Å²) < 4.78 is 1.02. The minimum absolute atomic E-state index is 0.0206. The lowest BCUT2D eigenvalue weighted by molar-refractivity contribution is 0.0909. The second kappa shape index (κ2) is 5.67. The van der Waals surface area contributed by atoms with Crippen molar-refractivity contribution in [3.8, 4) is 0 Å². The Morgan fingerprint density at radius 2 is 2.35 bits per heavy atom. The third-order valence-corrected chi connectivity index (χ3v) is 4.35. The number of thiophene rings is 1. The molecule has 0 saturated carbocycles. The number of hydrogen-bond acceptors (Lipinski definition) is 4. The van der Waals surface area contributed by atoms with E-state index in [1.54, 1.807) is 6.07 Å². The van der Waals surface area contributed by atoms with Crippen LogP contribution < -0.4 is 5.73 Å². The van der Waals surface area contributed by atoms with Crippen LogP contribution in [0.2, 0.25) is 8.67 Å². The summed E-state index contributed by atoms with van der Waals surface area (Å²) in [6.45, 7) is 2.08. The van der Waals surface area contributed by atoms with Gasteiger partial charge in [0.15, 0.2) is 5.78 Å². The molecule has 1 fully saturated rings. The molecule has 17 heavy (non-hydrogen) atoms. The first-order valence-electron chi connectivity index (χ1n) is 5.52. The molecule has 2 rings (SSSR count). The fourth-order valence-corrected chi connectivity index (χ4v) is 3.55. The molecule has 0 radical (unpaired) electrons. The third kappa shape index (κ3) is 3.42. The van der Waals surface area contributed by atoms with Gasteiger partial charge in [0.2, 0.25) is 0 Å². The smallest absolute Gasteiger partial charge is 0.179 e. The van der Waals surface area contributed by atoms with Gasteiger partial charge in [0.05, 0.1) is 16.4 Å². The highest BCUT2D eigenvalue weighted by Gasteiger charge is 2.21. The Kier molecular flexibility index (Phi) is 4.44. The van der Waals surface area contributed by atoms with Gasteiger partial charge in [0.1, 0.15) is 4.34 Å². The summed E-state index contributed by atoms with van der Waals surface area (Å²) in [7, 11) is 0. The largest absolute Gasteiger partial charge is 0.327 e. The van der Waals surface area contributed by atoms with E-state index in [1.807, 2.05) is 0 Å². The summed E-state index contributed by atoms with van der Waals surface area (Å²) in [5, 5.41) is 0. The normalized spacial score (nSPS) is 21.7. The molecule has 2 heterocycles. The van der Waals surface area contributed by atoms with E-state index in [-0.39, 0.29) is 11.8 Å². The average Bonchev–Trinajstić information content (AvgIpc) is 2.58. The topological polar surface area (TPSA) is 46.3 Å². The number of nitrogens with zero attached hydrogens (tertiary/aromatic N) is 1. The van der Waals surface area contributed by atoms with Gasteiger partial charge in [-0.3, -0.25) is 9.69 Å². The summed E-state index contributed by atoms with van der Waals surface area (Å²) in [4.78, 5) is 14.1. The number of halogens is 2. The second-order valence-corrected chi connectivity index (χ2v) is 6.58. The molecule has 1 unspecified atom stereocenters. The predicted octanol–water partition coefficient (Wildman–Crippen LogP) is 2.66. The maximum Gasteiger partial charge on any atom is 0.179 e. The molecule has 1 atom stereocenters. The number of ketones is 1. The maximum atomic E-state index is 12.0. The van der Waals surface area contributed by atoms with Crippen molar-refractivity contribution >= 4 is 40.3 Å². The van der Waals surface area contributed by atoms with Crippen molar-refractivity contribution < 1.29 is 4.79 Å². The molecule has 0 bridgehead atoms. The number of likely N-dealkylation sites (tertiary alicyclic amines) is 1. The van der Waals surface area contributed by atoms with Crippen molar-refractivity contribution in [2.45, 2.75) is 18.9 Å². The predicted molar refractivity (Wildman–Crippen MR) is 72.3 cm³/mol. The molecule has 0 aromatic carbocycles. The van der Waals surface area contributed by atoms with Gasteiger partial charge in [0, 0.05) is 12.6 Å². The molecule has 2 N–H and O–H groups in total. The summed E-state index contributed by atoms with van der Waals surface area (Å²) in [6, 6.07) is 1.82. The van der Waals surface area contributed by atoms with Crippen molar-refractivity contribution in [3.05, 3.63) is 20.3 Å². The molecule has 0 aliphatic carbocycles. The summed E-state index contributed by atoms with van der Waals surface area (Å²) in [6.07, 6.45) is 2.09. The molecule has 1 aromatic rings. The van der Waals surface area contributed by atoms with E-state index in [0.29, 0.717) is 20.8 Å². The third-order valence-electron chi connectivity index (χ3n) is 2.87. The molecule has 1 aliphatic heterocycles. The highest BCUT2D eigenvalue weighted by molar-refractivity contribution is 7.20. The standard InChI is InChI=1S/C11H14Cl2N2OS/c12-10-4-8(11(13)17-10)9(16)6-15-3-1-2-7(14)5-15/h4,7H,1-3,5-6,14H2. The molecule has 0 spiro atoms. The van der Waals surface area contributed by atoms with Gasteiger partial charge in [0.25, 0.3) is 0 Å². The van der Waals surface area contributed by atoms with Gasteiger partial charge >= 0.3 is 0 Å². The second-order valence-electron chi connectivity index (χ2n) is 4.30. The first kappa shape index (κ1) is 13.3. The first-order chi connectivity index (χ1) is 8.06. The lowest BCUT2D eigenvalue weighted by Gasteiger charge is -2.29. The SMILES string of the molecule is NC1CCCN(CC(=O)c2cc(Cl)sc2Cl)C1. The van der Waals surface area contributed by atoms with Crippen LogP contribution >= 0.6 is 34.5 Å². The Bertz CT molecular complexity index is 422. The van der Waals surface area contributed by atoms with Crippen molar-refractivity contribution in [1.29, 1.82) is 0 Å². The van der Waals surface area contributed by atoms with Crippen LogP contribution in [-0.2, 0) is 0 Å². The Morgan fingerprint density at radius 1 is 1.59 bits per heavy atom. The Hall–Kier alpha value is -0.130. The van der Waals surface area contributed by atoms with E-state index in [1.165, 1.54) is 11.3 Å². The maximum absolute atomic E-state index is 12.0. The van der Waals surface area contributed by atoms with Crippen molar-refractivity contribution in [1.82, 2.24) is 4.90 Å². The van der Waals surface area contributed by atoms with Crippen LogP contribution in [0, 0.1) is 0 Å². The zero-order chi connectivity index (χ0) is 12.4. The van der Waals surface area contributed by atoms with Gasteiger partial charge in [-0.2, -0.15) is 0 Å². The molecule has 1 aliphatic rings. The van der Waals surface area contributed by atoms with Crippen LogP contribution in [0.4, 0.5) is 0 Å². The summed E-state index contributed by atoms with van der Waals surface area (Å²) >= 11 is 13.0. The van der Waals surface area contributed by atoms with Crippen LogP contribution in [0.5, 0.6) is 0 Å². The van der Waals surface area contributed by atoms with Crippen LogP contribution in [0.15, 0.2) is 6.07 Å². The molecule has 1 aromatic heterocycles. The van der Waals surface area contributed by atoms with Gasteiger partial charge in [-0.05, 0) is 25.5 Å². The Morgan fingerprint density at radius 3 is 2.94 bits per heavy atom. The van der Waals surface area contributed by atoms with Crippen LogP contribution in [0.1, 0.15) is 23.2 Å². The fraction of sp³-hybridized carbons (Fsp3) is 0.545. The number of piperidine rings is 1. The number of carbonyl (C=O) groups is 1. The van der Waals surface area contributed by atoms with E-state index in [9.17, 15) is 4.79 Å². The molecule has 6 heteroatoms. The summed E-state index contributed by atoms with van der Waals surface area (Å²) in [5.41, 5.74) is 6.40. The molecule has 1 saturated heterocycles. The monoisotopic (exact) mass is 292 g/mol. The number of carbonyl (C=O) groups excluding carboxylic acids is 1. The summed E-state index contributed by atoms with van der Waals surface area (Å²) in [5.74, 6) is 0.0206. The lowest BCUT2D eigenvalue weighted by Crippen LogP contribution is -2.44. The van der Waals surface area contributed by atoms with Crippen LogP contribution in [-0.4, -0.2) is 36.4 Å². The van der Waals surface area contributed by atoms with Gasteiger partial charge < -0.3 is 5.73 Å².